The highest BCUT2D eigenvalue weighted by Crippen LogP contribution is 2.31. The van der Waals surface area contributed by atoms with Crippen LogP contribution in [0, 0.1) is 11.3 Å². The molecule has 0 radical (unpaired) electrons. The number of nitrogens with zero attached hydrogens (tertiary/aromatic N) is 5. The summed E-state index contributed by atoms with van der Waals surface area (Å²) in [6.45, 7) is 4.53. The van der Waals surface area contributed by atoms with Crippen molar-refractivity contribution in [3.8, 4) is 23.3 Å². The van der Waals surface area contributed by atoms with E-state index in [4.69, 9.17) is 4.74 Å². The molecule has 0 bridgehead atoms. The Labute approximate surface area is 163 Å². The van der Waals surface area contributed by atoms with Crippen molar-refractivity contribution in [3.05, 3.63) is 54.5 Å². The summed E-state index contributed by atoms with van der Waals surface area (Å²) in [4.78, 5) is 18.3. The number of allylic oxidation sites excluding steroid dienone is 2. The molecule has 0 aliphatic carbocycles. The number of ether oxygens (including phenoxy) is 1. The molecule has 1 aliphatic rings. The number of aromatic nitrogens is 4. The third-order valence-electron chi connectivity index (χ3n) is 4.80. The summed E-state index contributed by atoms with van der Waals surface area (Å²) in [5.41, 5.74) is 3.86. The second-order valence-electron chi connectivity index (χ2n) is 7.06. The lowest BCUT2D eigenvalue weighted by atomic mass is 9.99. The van der Waals surface area contributed by atoms with E-state index in [-0.39, 0.29) is 0 Å². The summed E-state index contributed by atoms with van der Waals surface area (Å²) >= 11 is 0. The normalized spacial score (nSPS) is 14.1. The van der Waals surface area contributed by atoms with Crippen LogP contribution >= 0.6 is 0 Å². The van der Waals surface area contributed by atoms with Crippen molar-refractivity contribution in [3.63, 3.8) is 0 Å². The maximum absolute atomic E-state index is 9.57. The van der Waals surface area contributed by atoms with Gasteiger partial charge in [0.1, 0.15) is 11.2 Å². The van der Waals surface area contributed by atoms with Crippen LogP contribution in [0.5, 0.6) is 6.01 Å². The fourth-order valence-electron chi connectivity index (χ4n) is 3.23. The minimum atomic E-state index is -0.616. The van der Waals surface area contributed by atoms with Gasteiger partial charge in [-0.2, -0.15) is 5.26 Å². The lowest BCUT2D eigenvalue weighted by Crippen LogP contribution is -2.42. The average molecular weight is 372 g/mol. The number of aromatic amines is 1. The summed E-state index contributed by atoms with van der Waals surface area (Å²) in [5.74, 6) is 0. The molecule has 0 spiro atoms. The summed E-state index contributed by atoms with van der Waals surface area (Å²) < 4.78 is 5.01. The van der Waals surface area contributed by atoms with E-state index < -0.39 is 5.54 Å². The van der Waals surface area contributed by atoms with Crippen LogP contribution in [0.4, 0.5) is 0 Å². The van der Waals surface area contributed by atoms with Crippen molar-refractivity contribution in [2.24, 2.45) is 0 Å². The molecule has 0 fully saturated rings. The molecule has 0 saturated heterocycles. The molecular formula is C21H20N6O. The SMILES string of the molecule is COc1ncc(-c2cc3cc(C4=CC=CCN4C(C)(C)C#N)cnc3[nH]2)cn1. The second kappa shape index (κ2) is 6.82. The zero-order chi connectivity index (χ0) is 19.7. The summed E-state index contributed by atoms with van der Waals surface area (Å²) in [7, 11) is 1.54. The smallest absolute Gasteiger partial charge is 0.316 e. The molecule has 0 atom stereocenters. The minimum absolute atomic E-state index is 0.331. The van der Waals surface area contributed by atoms with Gasteiger partial charge in [-0.1, -0.05) is 12.2 Å². The van der Waals surface area contributed by atoms with Crippen LogP contribution in [0.15, 0.2) is 49.0 Å². The lowest BCUT2D eigenvalue weighted by molar-refractivity contribution is 0.284. The molecule has 4 rings (SSSR count). The van der Waals surface area contributed by atoms with Crippen molar-refractivity contribution >= 4 is 16.7 Å². The number of hydrogen-bond acceptors (Lipinski definition) is 6. The molecule has 4 heterocycles. The van der Waals surface area contributed by atoms with Gasteiger partial charge in [0.05, 0.1) is 18.9 Å². The molecule has 140 valence electrons. The molecule has 0 aromatic carbocycles. The molecule has 7 heteroatoms. The lowest BCUT2D eigenvalue weighted by Gasteiger charge is -2.37. The van der Waals surface area contributed by atoms with Crippen LogP contribution < -0.4 is 4.74 Å². The van der Waals surface area contributed by atoms with E-state index in [2.05, 4.69) is 37.0 Å². The van der Waals surface area contributed by atoms with Gasteiger partial charge in [-0.05, 0) is 32.1 Å². The monoisotopic (exact) mass is 372 g/mol. The van der Waals surface area contributed by atoms with Crippen molar-refractivity contribution in [1.82, 2.24) is 24.8 Å². The first kappa shape index (κ1) is 17.7. The number of fused-ring (bicyclic) bond motifs is 1. The van der Waals surface area contributed by atoms with Gasteiger partial charge in [-0.15, -0.1) is 0 Å². The van der Waals surface area contributed by atoms with Crippen LogP contribution in [0.3, 0.4) is 0 Å². The Morgan fingerprint density at radius 3 is 2.61 bits per heavy atom. The zero-order valence-electron chi connectivity index (χ0n) is 16.0. The summed E-state index contributed by atoms with van der Waals surface area (Å²) in [5, 5.41) is 10.5. The Balaban J connectivity index is 1.72. The topological polar surface area (TPSA) is 90.7 Å². The van der Waals surface area contributed by atoms with Gasteiger partial charge in [-0.3, -0.25) is 0 Å². The Bertz CT molecular complexity index is 1120. The van der Waals surface area contributed by atoms with Crippen LogP contribution in [-0.4, -0.2) is 44.0 Å². The predicted molar refractivity (Wildman–Crippen MR) is 107 cm³/mol. The molecular weight excluding hydrogens is 352 g/mol. The Morgan fingerprint density at radius 2 is 1.89 bits per heavy atom. The van der Waals surface area contributed by atoms with Gasteiger partial charge in [0, 0.05) is 47.3 Å². The molecule has 1 N–H and O–H groups in total. The van der Waals surface area contributed by atoms with Crippen molar-refractivity contribution in [2.45, 2.75) is 19.4 Å². The highest BCUT2D eigenvalue weighted by molar-refractivity contribution is 5.85. The van der Waals surface area contributed by atoms with Gasteiger partial charge >= 0.3 is 6.01 Å². The maximum atomic E-state index is 9.57. The number of methoxy groups -OCH3 is 1. The zero-order valence-corrected chi connectivity index (χ0v) is 16.0. The van der Waals surface area contributed by atoms with E-state index in [9.17, 15) is 5.26 Å². The largest absolute Gasteiger partial charge is 0.467 e. The van der Waals surface area contributed by atoms with Crippen molar-refractivity contribution < 1.29 is 4.74 Å². The molecule has 7 nitrogen and oxygen atoms in total. The molecule has 3 aromatic rings. The first-order chi connectivity index (χ1) is 13.5. The van der Waals surface area contributed by atoms with Gasteiger partial charge in [0.2, 0.25) is 0 Å². The molecule has 1 aliphatic heterocycles. The number of pyridine rings is 1. The van der Waals surface area contributed by atoms with Gasteiger partial charge in [-0.25, -0.2) is 15.0 Å². The molecule has 3 aromatic heterocycles. The standard InChI is InChI=1S/C21H20N6O/c1-21(2,13-22)27-7-5-4-6-18(27)15-8-14-9-17(26-19(14)23-10-15)16-11-24-20(28-3)25-12-16/h4-6,8-12H,7H2,1-3H3,(H,23,26). The summed E-state index contributed by atoms with van der Waals surface area (Å²) in [6.07, 6.45) is 11.3. The molecule has 28 heavy (non-hydrogen) atoms. The fraction of sp³-hybridized carbons (Fsp3) is 0.238. The minimum Gasteiger partial charge on any atom is -0.467 e. The number of H-pyrrole nitrogens is 1. The van der Waals surface area contributed by atoms with E-state index in [0.717, 1.165) is 33.6 Å². The first-order valence-electron chi connectivity index (χ1n) is 8.93. The molecule has 0 saturated carbocycles. The van der Waals surface area contributed by atoms with E-state index in [1.807, 2.05) is 44.3 Å². The van der Waals surface area contributed by atoms with Crippen LogP contribution in [0.1, 0.15) is 19.4 Å². The number of rotatable bonds is 4. The Kier molecular flexibility index (Phi) is 4.32. The van der Waals surface area contributed by atoms with E-state index in [1.165, 1.54) is 7.11 Å². The van der Waals surface area contributed by atoms with Gasteiger partial charge in [0.15, 0.2) is 0 Å². The van der Waals surface area contributed by atoms with Gasteiger partial charge in [0.25, 0.3) is 0 Å². The average Bonchev–Trinajstić information content (AvgIpc) is 3.17. The number of nitrogens with one attached hydrogen (secondary N) is 1. The number of nitriles is 1. The first-order valence-corrected chi connectivity index (χ1v) is 8.93. The van der Waals surface area contributed by atoms with Crippen LogP contribution in [0.25, 0.3) is 28.0 Å². The maximum Gasteiger partial charge on any atom is 0.316 e. The Morgan fingerprint density at radius 1 is 1.14 bits per heavy atom. The van der Waals surface area contributed by atoms with Crippen LogP contribution in [-0.2, 0) is 0 Å². The van der Waals surface area contributed by atoms with E-state index in [0.29, 0.717) is 12.6 Å². The third kappa shape index (κ3) is 3.09. The summed E-state index contributed by atoms with van der Waals surface area (Å²) in [6, 6.07) is 6.82. The Hall–Kier alpha value is -3.66. The number of hydrogen-bond donors (Lipinski definition) is 1. The fourth-order valence-corrected chi connectivity index (χ4v) is 3.23. The van der Waals surface area contributed by atoms with Crippen molar-refractivity contribution in [2.75, 3.05) is 13.7 Å². The van der Waals surface area contributed by atoms with Crippen LogP contribution in [0.2, 0.25) is 0 Å². The quantitative estimate of drug-likeness (QED) is 0.753. The second-order valence-corrected chi connectivity index (χ2v) is 7.06. The molecule has 0 unspecified atom stereocenters. The van der Waals surface area contributed by atoms with E-state index in [1.54, 1.807) is 12.4 Å². The molecule has 0 amide bonds. The predicted octanol–water partition coefficient (Wildman–Crippen LogP) is 3.54. The van der Waals surface area contributed by atoms with Gasteiger partial charge < -0.3 is 14.6 Å². The third-order valence-corrected chi connectivity index (χ3v) is 4.80. The van der Waals surface area contributed by atoms with E-state index >= 15 is 0 Å². The van der Waals surface area contributed by atoms with Crippen molar-refractivity contribution in [1.29, 1.82) is 5.26 Å². The highest BCUT2D eigenvalue weighted by atomic mass is 16.5. The highest BCUT2D eigenvalue weighted by Gasteiger charge is 2.29.